The van der Waals surface area contributed by atoms with Gasteiger partial charge in [-0.1, -0.05) is 6.07 Å². The topological polar surface area (TPSA) is 75.9 Å². The summed E-state index contributed by atoms with van der Waals surface area (Å²) in [6, 6.07) is 3.73. The Labute approximate surface area is 190 Å². The number of nitrogens with zero attached hydrogens (tertiary/aromatic N) is 5. The van der Waals surface area contributed by atoms with E-state index in [-0.39, 0.29) is 29.0 Å². The Kier molecular flexibility index (Phi) is 5.45. The van der Waals surface area contributed by atoms with Crippen LogP contribution in [-0.2, 0) is 6.18 Å². The molecule has 2 bridgehead atoms. The van der Waals surface area contributed by atoms with Crippen LogP contribution in [0.15, 0.2) is 42.9 Å². The molecule has 0 spiro atoms. The van der Waals surface area contributed by atoms with Crippen LogP contribution in [0.4, 0.5) is 27.8 Å². The Hall–Kier alpha value is -3.57. The predicted molar refractivity (Wildman–Crippen MR) is 110 cm³/mol. The summed E-state index contributed by atoms with van der Waals surface area (Å²) >= 11 is 0. The minimum Gasteiger partial charge on any atom is -0.363 e. The standard InChI is InChI=1S/C22H19F5N6O/c23-15-3-1-2-14(19(15)33-29-6-7-30-33)21(34)32-11-12-4-5-18(32)17(8-12)31-20-16(24)9-13(10-28-20)22(25,26)27/h1-3,6-7,9-10,12,17-18H,4-5,8,11H2,(H,28,31)/t12-,17-,18+/m1/s1. The highest BCUT2D eigenvalue weighted by Crippen LogP contribution is 2.38. The molecule has 0 radical (unpaired) electrons. The zero-order valence-corrected chi connectivity index (χ0v) is 17.6. The van der Waals surface area contributed by atoms with Gasteiger partial charge in [0.2, 0.25) is 0 Å². The maximum atomic E-state index is 14.6. The smallest absolute Gasteiger partial charge is 0.363 e. The van der Waals surface area contributed by atoms with Crippen LogP contribution in [0.3, 0.4) is 0 Å². The van der Waals surface area contributed by atoms with Crippen molar-refractivity contribution in [2.45, 2.75) is 37.5 Å². The van der Waals surface area contributed by atoms with E-state index in [4.69, 9.17) is 0 Å². The van der Waals surface area contributed by atoms with Crippen LogP contribution < -0.4 is 5.32 Å². The second-order valence-corrected chi connectivity index (χ2v) is 8.46. The van der Waals surface area contributed by atoms with E-state index < -0.39 is 35.3 Å². The van der Waals surface area contributed by atoms with Crippen LogP contribution in [0.2, 0.25) is 0 Å². The van der Waals surface area contributed by atoms with Crippen LogP contribution in [0.5, 0.6) is 0 Å². The zero-order valence-electron chi connectivity index (χ0n) is 17.6. The quantitative estimate of drug-likeness (QED) is 0.573. The molecule has 2 saturated heterocycles. The summed E-state index contributed by atoms with van der Waals surface area (Å²) < 4.78 is 67.5. The first-order chi connectivity index (χ1) is 16.2. The van der Waals surface area contributed by atoms with E-state index in [1.165, 1.54) is 30.6 Å². The number of amides is 1. The molecule has 3 fully saturated rings. The highest BCUT2D eigenvalue weighted by Gasteiger charge is 2.44. The number of rotatable bonds is 4. The van der Waals surface area contributed by atoms with Gasteiger partial charge in [-0.2, -0.15) is 23.4 Å². The Morgan fingerprint density at radius 1 is 1.09 bits per heavy atom. The lowest BCUT2D eigenvalue weighted by molar-refractivity contribution is -0.138. The Bertz CT molecular complexity index is 1210. The number of anilines is 1. The summed E-state index contributed by atoms with van der Waals surface area (Å²) in [6.45, 7) is 0.438. The van der Waals surface area contributed by atoms with Crippen molar-refractivity contribution >= 4 is 11.7 Å². The Morgan fingerprint density at radius 3 is 2.53 bits per heavy atom. The zero-order chi connectivity index (χ0) is 24.0. The van der Waals surface area contributed by atoms with E-state index in [1.54, 1.807) is 4.90 Å². The molecule has 1 aromatic carbocycles. The normalized spacial score (nSPS) is 22.1. The van der Waals surface area contributed by atoms with Gasteiger partial charge in [0.1, 0.15) is 5.69 Å². The molecule has 2 aromatic heterocycles. The Morgan fingerprint density at radius 2 is 1.85 bits per heavy atom. The fourth-order valence-corrected chi connectivity index (χ4v) is 4.83. The molecule has 1 saturated carbocycles. The molecule has 3 aromatic rings. The molecule has 1 N–H and O–H groups in total. The van der Waals surface area contributed by atoms with Gasteiger partial charge >= 0.3 is 6.18 Å². The molecule has 7 nitrogen and oxygen atoms in total. The summed E-state index contributed by atoms with van der Waals surface area (Å²) in [5.41, 5.74) is -1.16. The van der Waals surface area contributed by atoms with Crippen molar-refractivity contribution in [1.29, 1.82) is 0 Å². The monoisotopic (exact) mass is 478 g/mol. The highest BCUT2D eigenvalue weighted by atomic mass is 19.4. The number of pyridine rings is 1. The van der Waals surface area contributed by atoms with Crippen molar-refractivity contribution in [3.8, 4) is 5.69 Å². The molecule has 6 rings (SSSR count). The first-order valence-corrected chi connectivity index (χ1v) is 10.7. The lowest BCUT2D eigenvalue weighted by Gasteiger charge is -2.50. The molecule has 4 heterocycles. The molecular formula is C22H19F5N6O. The van der Waals surface area contributed by atoms with Gasteiger partial charge in [-0.05, 0) is 43.4 Å². The van der Waals surface area contributed by atoms with Crippen LogP contribution >= 0.6 is 0 Å². The van der Waals surface area contributed by atoms with Crippen molar-refractivity contribution < 1.29 is 26.7 Å². The van der Waals surface area contributed by atoms with Crippen LogP contribution in [0, 0.1) is 17.6 Å². The van der Waals surface area contributed by atoms with Crippen LogP contribution in [0.25, 0.3) is 5.69 Å². The van der Waals surface area contributed by atoms with E-state index >= 15 is 0 Å². The number of hydrogen-bond acceptors (Lipinski definition) is 5. The lowest BCUT2D eigenvalue weighted by Crippen LogP contribution is -2.60. The average Bonchev–Trinajstić information content (AvgIpc) is 3.34. The molecular weight excluding hydrogens is 459 g/mol. The number of alkyl halides is 3. The number of carbonyl (C=O) groups is 1. The van der Waals surface area contributed by atoms with E-state index in [0.717, 1.165) is 11.2 Å². The molecule has 34 heavy (non-hydrogen) atoms. The summed E-state index contributed by atoms with van der Waals surface area (Å²) in [7, 11) is 0. The second-order valence-electron chi connectivity index (χ2n) is 8.46. The third-order valence-corrected chi connectivity index (χ3v) is 6.37. The minimum atomic E-state index is -4.70. The van der Waals surface area contributed by atoms with Gasteiger partial charge in [0.05, 0.1) is 29.6 Å². The minimum absolute atomic E-state index is 0.0705. The van der Waals surface area contributed by atoms with Gasteiger partial charge in [-0.3, -0.25) is 4.79 Å². The fraction of sp³-hybridized carbons (Fsp3) is 0.364. The number of para-hydroxylation sites is 1. The third kappa shape index (κ3) is 3.97. The highest BCUT2D eigenvalue weighted by molar-refractivity contribution is 5.98. The number of hydrogen-bond donors (Lipinski definition) is 1. The summed E-state index contributed by atoms with van der Waals surface area (Å²) in [6.07, 6.45) is 0.682. The van der Waals surface area contributed by atoms with Crippen molar-refractivity contribution in [3.05, 3.63) is 65.6 Å². The number of carbonyl (C=O) groups excluding carboxylic acids is 1. The molecule has 2 aliphatic heterocycles. The Balaban J connectivity index is 1.42. The maximum Gasteiger partial charge on any atom is 0.417 e. The van der Waals surface area contributed by atoms with Gasteiger partial charge in [-0.15, -0.1) is 4.80 Å². The van der Waals surface area contributed by atoms with Crippen LogP contribution in [0.1, 0.15) is 35.2 Å². The van der Waals surface area contributed by atoms with Crippen molar-refractivity contribution in [2.75, 3.05) is 11.9 Å². The average molecular weight is 478 g/mol. The summed E-state index contributed by atoms with van der Waals surface area (Å²) in [4.78, 5) is 19.8. The van der Waals surface area contributed by atoms with Gasteiger partial charge in [0.25, 0.3) is 5.91 Å². The predicted octanol–water partition coefficient (Wildman–Crippen LogP) is 4.06. The largest absolute Gasteiger partial charge is 0.417 e. The number of fused-ring (bicyclic) bond motifs is 3. The molecule has 1 amide bonds. The molecule has 3 atom stereocenters. The fourth-order valence-electron chi connectivity index (χ4n) is 4.83. The first kappa shape index (κ1) is 22.2. The molecule has 3 aliphatic rings. The van der Waals surface area contributed by atoms with Gasteiger partial charge < -0.3 is 10.2 Å². The van der Waals surface area contributed by atoms with E-state index in [2.05, 4.69) is 20.5 Å². The van der Waals surface area contributed by atoms with Crippen molar-refractivity contribution in [1.82, 2.24) is 24.9 Å². The molecule has 1 aliphatic carbocycles. The van der Waals surface area contributed by atoms with Crippen molar-refractivity contribution in [2.24, 2.45) is 5.92 Å². The van der Waals surface area contributed by atoms with E-state index in [1.807, 2.05) is 0 Å². The number of piperidine rings is 2. The van der Waals surface area contributed by atoms with Crippen LogP contribution in [-0.4, -0.2) is 49.4 Å². The number of aromatic nitrogens is 4. The van der Waals surface area contributed by atoms with Gasteiger partial charge in [0.15, 0.2) is 17.5 Å². The number of nitrogens with one attached hydrogen (secondary N) is 1. The molecule has 0 unspecified atom stereocenters. The maximum absolute atomic E-state index is 14.6. The summed E-state index contributed by atoms with van der Waals surface area (Å²) in [5.74, 6) is -2.40. The van der Waals surface area contributed by atoms with E-state index in [9.17, 15) is 26.7 Å². The SMILES string of the molecule is O=C(c1cccc(F)c1-n1nccn1)N1C[C@@H]2CC[C@H]1[C@H](Nc1ncc(C(F)(F)F)cc1F)C2. The second kappa shape index (κ2) is 8.33. The first-order valence-electron chi connectivity index (χ1n) is 10.7. The lowest BCUT2D eigenvalue weighted by atomic mass is 9.76. The molecule has 178 valence electrons. The number of halogens is 5. The molecule has 12 heteroatoms. The van der Waals surface area contributed by atoms with Gasteiger partial charge in [-0.25, -0.2) is 13.8 Å². The van der Waals surface area contributed by atoms with Crippen molar-refractivity contribution in [3.63, 3.8) is 0 Å². The van der Waals surface area contributed by atoms with Gasteiger partial charge in [0, 0.05) is 18.8 Å². The summed E-state index contributed by atoms with van der Waals surface area (Å²) in [5, 5.41) is 10.8. The third-order valence-electron chi connectivity index (χ3n) is 6.37. The number of benzene rings is 1. The van der Waals surface area contributed by atoms with E-state index in [0.29, 0.717) is 31.6 Å².